The van der Waals surface area contributed by atoms with Gasteiger partial charge in [-0.3, -0.25) is 9.59 Å². The maximum atomic E-state index is 11.5. The summed E-state index contributed by atoms with van der Waals surface area (Å²) in [6.07, 6.45) is 2.83. The largest absolute Gasteiger partial charge is 0.496 e. The molecular formula is C13H14BrNO4. The summed E-state index contributed by atoms with van der Waals surface area (Å²) in [6.45, 7) is 1.40. The van der Waals surface area contributed by atoms with Crippen LogP contribution in [-0.2, 0) is 9.59 Å². The molecule has 1 amide bonds. The smallest absolute Gasteiger partial charge is 0.325 e. The van der Waals surface area contributed by atoms with Gasteiger partial charge in [0.1, 0.15) is 11.8 Å². The molecule has 102 valence electrons. The van der Waals surface area contributed by atoms with Gasteiger partial charge in [0, 0.05) is 16.1 Å². The Balaban J connectivity index is 2.78. The quantitative estimate of drug-likeness (QED) is 0.812. The molecule has 1 aromatic rings. The lowest BCUT2D eigenvalue weighted by molar-refractivity contribution is -0.140. The van der Waals surface area contributed by atoms with E-state index in [9.17, 15) is 9.59 Å². The molecule has 2 N–H and O–H groups in total. The average Bonchev–Trinajstić information content (AvgIpc) is 2.36. The molecule has 0 aromatic heterocycles. The van der Waals surface area contributed by atoms with Crippen molar-refractivity contribution in [1.29, 1.82) is 0 Å². The summed E-state index contributed by atoms with van der Waals surface area (Å²) >= 11 is 3.32. The van der Waals surface area contributed by atoms with E-state index in [0.29, 0.717) is 5.75 Å². The summed E-state index contributed by atoms with van der Waals surface area (Å²) < 4.78 is 6.01. The third kappa shape index (κ3) is 4.75. The molecule has 1 rings (SSSR count). The number of aliphatic carboxylic acids is 1. The first-order valence-electron chi connectivity index (χ1n) is 5.49. The Morgan fingerprint density at radius 1 is 1.47 bits per heavy atom. The van der Waals surface area contributed by atoms with Crippen molar-refractivity contribution in [3.05, 3.63) is 34.3 Å². The molecule has 6 heteroatoms. The third-order valence-corrected chi connectivity index (χ3v) is 2.83. The number of hydrogen-bond acceptors (Lipinski definition) is 3. The van der Waals surface area contributed by atoms with Gasteiger partial charge in [0.05, 0.1) is 7.11 Å². The van der Waals surface area contributed by atoms with E-state index in [2.05, 4.69) is 21.2 Å². The number of halogens is 1. The highest BCUT2D eigenvalue weighted by Crippen LogP contribution is 2.23. The van der Waals surface area contributed by atoms with Crippen LogP contribution < -0.4 is 10.1 Å². The fourth-order valence-electron chi connectivity index (χ4n) is 1.32. The van der Waals surface area contributed by atoms with E-state index in [1.54, 1.807) is 18.2 Å². The van der Waals surface area contributed by atoms with Crippen LogP contribution in [0.5, 0.6) is 5.75 Å². The van der Waals surface area contributed by atoms with E-state index >= 15 is 0 Å². The van der Waals surface area contributed by atoms with Crippen molar-refractivity contribution in [2.45, 2.75) is 13.0 Å². The number of methoxy groups -OCH3 is 1. The lowest BCUT2D eigenvalue weighted by Crippen LogP contribution is -2.37. The van der Waals surface area contributed by atoms with E-state index in [1.807, 2.05) is 6.07 Å². The van der Waals surface area contributed by atoms with Crippen molar-refractivity contribution in [2.75, 3.05) is 7.11 Å². The highest BCUT2D eigenvalue weighted by Gasteiger charge is 2.11. The fourth-order valence-corrected chi connectivity index (χ4v) is 1.70. The van der Waals surface area contributed by atoms with Gasteiger partial charge in [-0.05, 0) is 31.2 Å². The van der Waals surface area contributed by atoms with Crippen molar-refractivity contribution in [2.24, 2.45) is 0 Å². The van der Waals surface area contributed by atoms with Gasteiger partial charge in [0.15, 0.2) is 0 Å². The molecule has 0 radical (unpaired) electrons. The Morgan fingerprint density at radius 2 is 2.16 bits per heavy atom. The first-order chi connectivity index (χ1) is 8.93. The molecule has 0 aliphatic carbocycles. The van der Waals surface area contributed by atoms with Crippen LogP contribution in [0.1, 0.15) is 12.5 Å². The van der Waals surface area contributed by atoms with Crippen LogP contribution in [0.3, 0.4) is 0 Å². The number of carbonyl (C=O) groups is 2. The predicted octanol–water partition coefficient (Wildman–Crippen LogP) is 2.06. The number of carboxylic acid groups (broad SMARTS) is 1. The number of benzene rings is 1. The Hall–Kier alpha value is -1.82. The zero-order valence-electron chi connectivity index (χ0n) is 10.5. The van der Waals surface area contributed by atoms with Gasteiger partial charge in [0.2, 0.25) is 5.91 Å². The number of carbonyl (C=O) groups excluding carboxylic acids is 1. The van der Waals surface area contributed by atoms with E-state index in [1.165, 1.54) is 20.1 Å². The predicted molar refractivity (Wildman–Crippen MR) is 75.0 cm³/mol. The number of carboxylic acids is 1. The lowest BCUT2D eigenvalue weighted by atomic mass is 10.2. The normalized spacial score (nSPS) is 12.2. The molecule has 19 heavy (non-hydrogen) atoms. The second kappa shape index (κ2) is 6.94. The molecule has 0 saturated carbocycles. The van der Waals surface area contributed by atoms with E-state index in [-0.39, 0.29) is 0 Å². The van der Waals surface area contributed by atoms with Crippen molar-refractivity contribution in [3.63, 3.8) is 0 Å². The van der Waals surface area contributed by atoms with Crippen LogP contribution in [-0.4, -0.2) is 30.1 Å². The van der Waals surface area contributed by atoms with Crippen LogP contribution in [0.4, 0.5) is 0 Å². The second-order valence-corrected chi connectivity index (χ2v) is 4.70. The average molecular weight is 328 g/mol. The molecule has 0 heterocycles. The van der Waals surface area contributed by atoms with Crippen molar-refractivity contribution in [3.8, 4) is 5.75 Å². The van der Waals surface area contributed by atoms with Crippen LogP contribution in [0.2, 0.25) is 0 Å². The Bertz CT molecular complexity index is 513. The monoisotopic (exact) mass is 327 g/mol. The van der Waals surface area contributed by atoms with Gasteiger partial charge in [-0.15, -0.1) is 0 Å². The number of nitrogens with one attached hydrogen (secondary N) is 1. The summed E-state index contributed by atoms with van der Waals surface area (Å²) in [4.78, 5) is 22.1. The van der Waals surface area contributed by atoms with Crippen molar-refractivity contribution in [1.82, 2.24) is 5.32 Å². The highest BCUT2D eigenvalue weighted by molar-refractivity contribution is 9.10. The topological polar surface area (TPSA) is 75.6 Å². The van der Waals surface area contributed by atoms with E-state index < -0.39 is 17.9 Å². The lowest BCUT2D eigenvalue weighted by Gasteiger charge is -2.07. The molecule has 5 nitrogen and oxygen atoms in total. The van der Waals surface area contributed by atoms with Crippen LogP contribution in [0.25, 0.3) is 6.08 Å². The fraction of sp³-hybridized carbons (Fsp3) is 0.231. The van der Waals surface area contributed by atoms with E-state index in [0.717, 1.165) is 10.0 Å². The molecule has 0 spiro atoms. The molecule has 0 aliphatic heterocycles. The maximum Gasteiger partial charge on any atom is 0.325 e. The standard InChI is InChI=1S/C13H14BrNO4/c1-8(13(17)18)15-12(16)6-3-9-7-10(14)4-5-11(9)19-2/h3-8H,1-2H3,(H,15,16)(H,17,18)/b6-3+/t8-/m0/s1. The Kier molecular flexibility index (Phi) is 5.57. The molecule has 0 aliphatic rings. The first-order valence-corrected chi connectivity index (χ1v) is 6.28. The molecule has 1 atom stereocenters. The Morgan fingerprint density at radius 3 is 2.74 bits per heavy atom. The number of amides is 1. The van der Waals surface area contributed by atoms with Crippen LogP contribution in [0.15, 0.2) is 28.7 Å². The SMILES string of the molecule is COc1ccc(Br)cc1/C=C/C(=O)N[C@@H](C)C(=O)O. The molecular weight excluding hydrogens is 314 g/mol. The van der Waals surface area contributed by atoms with Crippen LogP contribution in [0, 0.1) is 0 Å². The minimum absolute atomic E-state index is 0.475. The zero-order chi connectivity index (χ0) is 14.4. The first kappa shape index (κ1) is 15.2. The molecule has 0 saturated heterocycles. The third-order valence-electron chi connectivity index (χ3n) is 2.34. The zero-order valence-corrected chi connectivity index (χ0v) is 12.1. The van der Waals surface area contributed by atoms with Crippen molar-refractivity contribution >= 4 is 33.9 Å². The van der Waals surface area contributed by atoms with Gasteiger partial charge in [-0.25, -0.2) is 0 Å². The summed E-state index contributed by atoms with van der Waals surface area (Å²) in [5, 5.41) is 11.0. The minimum atomic E-state index is -1.08. The van der Waals surface area contributed by atoms with Crippen molar-refractivity contribution < 1.29 is 19.4 Å². The summed E-state index contributed by atoms with van der Waals surface area (Å²) in [6, 6.07) is 4.45. The molecule has 0 bridgehead atoms. The van der Waals surface area contributed by atoms with Gasteiger partial charge >= 0.3 is 5.97 Å². The minimum Gasteiger partial charge on any atom is -0.496 e. The number of hydrogen-bond donors (Lipinski definition) is 2. The highest BCUT2D eigenvalue weighted by atomic mass is 79.9. The summed E-state index contributed by atoms with van der Waals surface area (Å²) in [5.41, 5.74) is 0.718. The summed E-state index contributed by atoms with van der Waals surface area (Å²) in [5.74, 6) is -0.933. The van der Waals surface area contributed by atoms with Crippen LogP contribution >= 0.6 is 15.9 Å². The molecule has 0 unspecified atom stereocenters. The number of ether oxygens (including phenoxy) is 1. The van der Waals surface area contributed by atoms with Gasteiger partial charge in [-0.1, -0.05) is 15.9 Å². The molecule has 0 fully saturated rings. The Labute approximate surface area is 119 Å². The second-order valence-electron chi connectivity index (χ2n) is 3.79. The van der Waals surface area contributed by atoms with Gasteiger partial charge < -0.3 is 15.2 Å². The maximum absolute atomic E-state index is 11.5. The van der Waals surface area contributed by atoms with Gasteiger partial charge in [-0.2, -0.15) is 0 Å². The van der Waals surface area contributed by atoms with E-state index in [4.69, 9.17) is 9.84 Å². The molecule has 1 aromatic carbocycles. The van der Waals surface area contributed by atoms with Gasteiger partial charge in [0.25, 0.3) is 0 Å². The summed E-state index contributed by atoms with van der Waals surface area (Å²) in [7, 11) is 1.53. The number of rotatable bonds is 5.